The molecule has 0 amide bonds. The van der Waals surface area contributed by atoms with Gasteiger partial charge >= 0.3 is 6.18 Å². The number of methoxy groups -OCH3 is 1. The summed E-state index contributed by atoms with van der Waals surface area (Å²) in [6.45, 7) is -2.00. The first-order chi connectivity index (χ1) is 9.20. The molecule has 0 spiro atoms. The predicted molar refractivity (Wildman–Crippen MR) is 68.5 cm³/mol. The maximum atomic E-state index is 12.4. The average molecular weight is 332 g/mol. The summed E-state index contributed by atoms with van der Waals surface area (Å²) in [4.78, 5) is -0.243. The molecule has 1 aromatic carbocycles. The normalized spacial score (nSPS) is 12.7. The van der Waals surface area contributed by atoms with Gasteiger partial charge < -0.3 is 4.74 Å². The van der Waals surface area contributed by atoms with Crippen molar-refractivity contribution in [1.82, 2.24) is 4.31 Å². The minimum Gasteiger partial charge on any atom is -0.497 e. The zero-order valence-electron chi connectivity index (χ0n) is 10.5. The quantitative estimate of drug-likeness (QED) is 0.752. The minimum atomic E-state index is -4.63. The molecule has 20 heavy (non-hydrogen) atoms. The summed E-state index contributed by atoms with van der Waals surface area (Å²) < 4.78 is 66.7. The van der Waals surface area contributed by atoms with Crippen LogP contribution in [0, 0.1) is 0 Å². The zero-order chi connectivity index (χ0) is 15.4. The van der Waals surface area contributed by atoms with Crippen molar-refractivity contribution in [3.63, 3.8) is 0 Å². The molecular formula is C11H13ClF3NO3S. The molecule has 0 radical (unpaired) electrons. The summed E-state index contributed by atoms with van der Waals surface area (Å²) in [7, 11) is -2.85. The summed E-state index contributed by atoms with van der Waals surface area (Å²) in [6.07, 6.45) is -4.63. The molecule has 0 atom stereocenters. The Hall–Kier alpha value is -0.990. The molecule has 0 fully saturated rings. The van der Waals surface area contributed by atoms with Gasteiger partial charge in [0, 0.05) is 12.4 Å². The van der Waals surface area contributed by atoms with Crippen LogP contribution in [-0.4, -0.2) is 45.0 Å². The Labute approximate surface area is 120 Å². The summed E-state index contributed by atoms with van der Waals surface area (Å²) in [6, 6.07) is 5.09. The maximum absolute atomic E-state index is 12.4. The Balaban J connectivity index is 3.08. The third kappa shape index (κ3) is 4.53. The number of ether oxygens (including phenoxy) is 1. The van der Waals surface area contributed by atoms with Crippen LogP contribution in [0.15, 0.2) is 29.2 Å². The van der Waals surface area contributed by atoms with E-state index < -0.39 is 29.3 Å². The lowest BCUT2D eigenvalue weighted by molar-refractivity contribution is -0.135. The molecule has 0 aliphatic heterocycles. The van der Waals surface area contributed by atoms with Crippen LogP contribution >= 0.6 is 11.6 Å². The second kappa shape index (κ2) is 6.64. The smallest absolute Gasteiger partial charge is 0.402 e. The van der Waals surface area contributed by atoms with E-state index in [1.54, 1.807) is 0 Å². The van der Waals surface area contributed by atoms with Crippen LogP contribution in [-0.2, 0) is 10.0 Å². The Bertz CT molecular complexity index is 531. The summed E-state index contributed by atoms with van der Waals surface area (Å²) >= 11 is 5.37. The van der Waals surface area contributed by atoms with Crippen LogP contribution in [0.25, 0.3) is 0 Å². The average Bonchev–Trinajstić information content (AvgIpc) is 2.37. The van der Waals surface area contributed by atoms with Crippen molar-refractivity contribution >= 4 is 21.6 Å². The number of halogens is 4. The maximum Gasteiger partial charge on any atom is 0.402 e. The van der Waals surface area contributed by atoms with Gasteiger partial charge in [-0.1, -0.05) is 0 Å². The second-order valence-corrected chi connectivity index (χ2v) is 6.13. The molecule has 0 heterocycles. The van der Waals surface area contributed by atoms with Gasteiger partial charge in [-0.2, -0.15) is 17.5 Å². The van der Waals surface area contributed by atoms with Crippen molar-refractivity contribution in [2.45, 2.75) is 11.1 Å². The highest BCUT2D eigenvalue weighted by molar-refractivity contribution is 7.89. The van der Waals surface area contributed by atoms with Crippen molar-refractivity contribution in [2.24, 2.45) is 0 Å². The zero-order valence-corrected chi connectivity index (χ0v) is 12.1. The molecular weight excluding hydrogens is 319 g/mol. The van der Waals surface area contributed by atoms with E-state index in [4.69, 9.17) is 16.3 Å². The molecule has 0 unspecified atom stereocenters. The van der Waals surface area contributed by atoms with Gasteiger partial charge in [-0.15, -0.1) is 11.6 Å². The predicted octanol–water partition coefficient (Wildman–Crippen LogP) is 2.49. The third-order valence-electron chi connectivity index (χ3n) is 2.39. The molecule has 4 nitrogen and oxygen atoms in total. The van der Waals surface area contributed by atoms with Crippen molar-refractivity contribution in [1.29, 1.82) is 0 Å². The number of sulfonamides is 1. The van der Waals surface area contributed by atoms with Crippen LogP contribution in [0.2, 0.25) is 0 Å². The molecule has 0 N–H and O–H groups in total. The van der Waals surface area contributed by atoms with Gasteiger partial charge in [0.2, 0.25) is 10.0 Å². The van der Waals surface area contributed by atoms with E-state index in [-0.39, 0.29) is 10.8 Å². The number of hydrogen-bond acceptors (Lipinski definition) is 3. The first-order valence-electron chi connectivity index (χ1n) is 5.47. The van der Waals surface area contributed by atoms with E-state index in [9.17, 15) is 21.6 Å². The Kier molecular flexibility index (Phi) is 5.67. The lowest BCUT2D eigenvalue weighted by atomic mass is 10.3. The summed E-state index contributed by atoms with van der Waals surface area (Å²) in [5.41, 5.74) is 0. The van der Waals surface area contributed by atoms with E-state index in [0.717, 1.165) is 0 Å². The van der Waals surface area contributed by atoms with Crippen molar-refractivity contribution in [3.8, 4) is 5.75 Å². The number of hydrogen-bond donors (Lipinski definition) is 0. The van der Waals surface area contributed by atoms with Gasteiger partial charge in [0.25, 0.3) is 0 Å². The van der Waals surface area contributed by atoms with Crippen molar-refractivity contribution in [3.05, 3.63) is 24.3 Å². The van der Waals surface area contributed by atoms with Gasteiger partial charge in [-0.25, -0.2) is 8.42 Å². The fourth-order valence-electron chi connectivity index (χ4n) is 1.48. The molecule has 0 saturated carbocycles. The van der Waals surface area contributed by atoms with E-state index in [0.29, 0.717) is 10.1 Å². The molecule has 1 rings (SSSR count). The molecule has 0 saturated heterocycles. The number of nitrogens with zero attached hydrogens (tertiary/aromatic N) is 1. The van der Waals surface area contributed by atoms with Crippen LogP contribution in [0.5, 0.6) is 5.75 Å². The Morgan fingerprint density at radius 3 is 2.20 bits per heavy atom. The number of benzene rings is 1. The Morgan fingerprint density at radius 1 is 1.25 bits per heavy atom. The van der Waals surface area contributed by atoms with Gasteiger partial charge in [0.1, 0.15) is 12.3 Å². The molecule has 1 aromatic rings. The Morgan fingerprint density at radius 2 is 1.80 bits per heavy atom. The van der Waals surface area contributed by atoms with Crippen molar-refractivity contribution in [2.75, 3.05) is 26.1 Å². The van der Waals surface area contributed by atoms with Gasteiger partial charge in [0.15, 0.2) is 0 Å². The largest absolute Gasteiger partial charge is 0.497 e. The van der Waals surface area contributed by atoms with Crippen molar-refractivity contribution < 1.29 is 26.3 Å². The van der Waals surface area contributed by atoms with Crippen LogP contribution in [0.3, 0.4) is 0 Å². The standard InChI is InChI=1S/C11H13ClF3NO3S/c1-19-9-2-4-10(5-3-9)20(17,18)16(7-6-12)8-11(13,14)15/h2-5H,6-8H2,1H3. The lowest BCUT2D eigenvalue weighted by Crippen LogP contribution is -2.40. The van der Waals surface area contributed by atoms with E-state index in [2.05, 4.69) is 0 Å². The number of alkyl halides is 4. The topological polar surface area (TPSA) is 46.6 Å². The summed E-state index contributed by atoms with van der Waals surface area (Å²) in [5.74, 6) is 0.175. The van der Waals surface area contributed by atoms with Crippen LogP contribution in [0.1, 0.15) is 0 Å². The first kappa shape index (κ1) is 17.1. The third-order valence-corrected chi connectivity index (χ3v) is 4.42. The highest BCUT2D eigenvalue weighted by atomic mass is 35.5. The lowest BCUT2D eigenvalue weighted by Gasteiger charge is -2.22. The first-order valence-corrected chi connectivity index (χ1v) is 7.45. The molecule has 0 aromatic heterocycles. The molecule has 114 valence electrons. The molecule has 0 bridgehead atoms. The fraction of sp³-hybridized carbons (Fsp3) is 0.455. The molecule has 0 aliphatic carbocycles. The van der Waals surface area contributed by atoms with Crippen LogP contribution < -0.4 is 4.74 Å². The van der Waals surface area contributed by atoms with Crippen LogP contribution in [0.4, 0.5) is 13.2 Å². The number of rotatable bonds is 6. The van der Waals surface area contributed by atoms with E-state index >= 15 is 0 Å². The SMILES string of the molecule is COc1ccc(S(=O)(=O)N(CCCl)CC(F)(F)F)cc1. The van der Waals surface area contributed by atoms with Gasteiger partial charge in [-0.05, 0) is 24.3 Å². The van der Waals surface area contributed by atoms with Gasteiger partial charge in [-0.3, -0.25) is 0 Å². The van der Waals surface area contributed by atoms with E-state index in [1.165, 1.54) is 31.4 Å². The summed E-state index contributed by atoms with van der Waals surface area (Å²) in [5, 5.41) is 0. The van der Waals surface area contributed by atoms with Gasteiger partial charge in [0.05, 0.1) is 12.0 Å². The highest BCUT2D eigenvalue weighted by Crippen LogP contribution is 2.24. The molecule has 0 aliphatic rings. The highest BCUT2D eigenvalue weighted by Gasteiger charge is 2.36. The molecule has 9 heteroatoms. The monoisotopic (exact) mass is 331 g/mol. The minimum absolute atomic E-state index is 0.231. The van der Waals surface area contributed by atoms with E-state index in [1.807, 2.05) is 0 Å². The fourth-order valence-corrected chi connectivity index (χ4v) is 3.21. The second-order valence-electron chi connectivity index (χ2n) is 3.82.